The van der Waals surface area contributed by atoms with E-state index in [1.807, 2.05) is 31.2 Å². The van der Waals surface area contributed by atoms with Crippen LogP contribution in [0.15, 0.2) is 75.2 Å². The standard InChI is InChI=1S/C27H22Br2N2O6/c1-3-36-23-14-17(13-22(29)24(23)35-2)12-21-25(32)30-27(34)31(26(21)33)19-8-10-20(11-9-19)37-15-16-4-6-18(28)7-5-16/h4-14H,3,15H2,1-2H3,(H,30,32,34)/b21-12+. The lowest BCUT2D eigenvalue weighted by Gasteiger charge is -2.26. The molecule has 37 heavy (non-hydrogen) atoms. The molecule has 4 amide bonds. The van der Waals surface area contributed by atoms with Gasteiger partial charge in [-0.3, -0.25) is 14.9 Å². The molecule has 0 aromatic heterocycles. The minimum atomic E-state index is -0.832. The van der Waals surface area contributed by atoms with Crippen molar-refractivity contribution in [2.75, 3.05) is 18.6 Å². The van der Waals surface area contributed by atoms with Crippen molar-refractivity contribution in [2.45, 2.75) is 13.5 Å². The minimum Gasteiger partial charge on any atom is -0.492 e. The van der Waals surface area contributed by atoms with Crippen LogP contribution in [-0.2, 0) is 16.2 Å². The summed E-state index contributed by atoms with van der Waals surface area (Å²) in [6.45, 7) is 2.59. The summed E-state index contributed by atoms with van der Waals surface area (Å²) in [5, 5.41) is 2.23. The predicted octanol–water partition coefficient (Wildman–Crippen LogP) is 5.86. The number of barbiturate groups is 1. The number of methoxy groups -OCH3 is 1. The molecule has 190 valence electrons. The number of hydrogen-bond donors (Lipinski definition) is 1. The second-order valence-corrected chi connectivity index (χ2v) is 9.60. The molecular formula is C27H22Br2N2O6. The van der Waals surface area contributed by atoms with E-state index in [0.717, 1.165) is 14.9 Å². The van der Waals surface area contributed by atoms with E-state index in [-0.39, 0.29) is 5.57 Å². The van der Waals surface area contributed by atoms with Gasteiger partial charge in [0.2, 0.25) is 0 Å². The number of hydrogen-bond acceptors (Lipinski definition) is 6. The van der Waals surface area contributed by atoms with Crippen LogP contribution in [0.1, 0.15) is 18.1 Å². The molecular weight excluding hydrogens is 608 g/mol. The second kappa shape index (κ2) is 11.6. The number of benzene rings is 3. The summed E-state index contributed by atoms with van der Waals surface area (Å²) in [7, 11) is 1.51. The summed E-state index contributed by atoms with van der Waals surface area (Å²) in [5.74, 6) is -0.0353. The fourth-order valence-corrected chi connectivity index (χ4v) is 4.52. The van der Waals surface area contributed by atoms with Crippen molar-refractivity contribution < 1.29 is 28.6 Å². The lowest BCUT2D eigenvalue weighted by molar-refractivity contribution is -0.122. The number of amides is 4. The van der Waals surface area contributed by atoms with E-state index in [9.17, 15) is 14.4 Å². The molecule has 3 aromatic rings. The molecule has 1 heterocycles. The summed E-state index contributed by atoms with van der Waals surface area (Å²) in [6, 6.07) is 16.7. The third-order valence-electron chi connectivity index (χ3n) is 5.36. The van der Waals surface area contributed by atoms with Crippen molar-refractivity contribution in [1.29, 1.82) is 0 Å². The van der Waals surface area contributed by atoms with Gasteiger partial charge in [0.1, 0.15) is 17.9 Å². The van der Waals surface area contributed by atoms with Gasteiger partial charge in [0.05, 0.1) is 23.9 Å². The van der Waals surface area contributed by atoms with Crippen LogP contribution in [0.5, 0.6) is 17.2 Å². The van der Waals surface area contributed by atoms with Crippen LogP contribution >= 0.6 is 31.9 Å². The summed E-state index contributed by atoms with van der Waals surface area (Å²) in [4.78, 5) is 39.3. The van der Waals surface area contributed by atoms with Gasteiger partial charge in [-0.15, -0.1) is 0 Å². The molecule has 10 heteroatoms. The molecule has 0 spiro atoms. The number of halogens is 2. The van der Waals surface area contributed by atoms with Crippen LogP contribution in [0.25, 0.3) is 6.08 Å². The van der Waals surface area contributed by atoms with Crippen molar-refractivity contribution in [3.05, 3.63) is 86.3 Å². The number of urea groups is 1. The average molecular weight is 630 g/mol. The normalized spacial score (nSPS) is 14.5. The Hall–Kier alpha value is -3.63. The van der Waals surface area contributed by atoms with E-state index >= 15 is 0 Å². The highest BCUT2D eigenvalue weighted by Gasteiger charge is 2.37. The maximum atomic E-state index is 13.3. The van der Waals surface area contributed by atoms with Gasteiger partial charge in [-0.05, 0) is 88.6 Å². The number of carbonyl (C=O) groups excluding carboxylic acids is 3. The molecule has 1 saturated heterocycles. The van der Waals surface area contributed by atoms with Gasteiger partial charge < -0.3 is 14.2 Å². The maximum absolute atomic E-state index is 13.3. The lowest BCUT2D eigenvalue weighted by atomic mass is 10.1. The zero-order valence-corrected chi connectivity index (χ0v) is 23.1. The van der Waals surface area contributed by atoms with E-state index in [1.165, 1.54) is 13.2 Å². The zero-order chi connectivity index (χ0) is 26.5. The molecule has 8 nitrogen and oxygen atoms in total. The third kappa shape index (κ3) is 6.03. The van der Waals surface area contributed by atoms with Crippen molar-refractivity contribution in [1.82, 2.24) is 5.32 Å². The lowest BCUT2D eigenvalue weighted by Crippen LogP contribution is -2.54. The Morgan fingerprint density at radius 3 is 2.30 bits per heavy atom. The second-order valence-electron chi connectivity index (χ2n) is 7.83. The predicted molar refractivity (Wildman–Crippen MR) is 146 cm³/mol. The highest BCUT2D eigenvalue weighted by molar-refractivity contribution is 9.10. The number of nitrogens with zero attached hydrogens (tertiary/aromatic N) is 1. The first-order chi connectivity index (χ1) is 17.8. The SMILES string of the molecule is CCOc1cc(/C=C2\C(=O)NC(=O)N(c3ccc(OCc4ccc(Br)cc4)cc3)C2=O)cc(Br)c1OC. The maximum Gasteiger partial charge on any atom is 0.335 e. The third-order valence-corrected chi connectivity index (χ3v) is 6.48. The molecule has 1 aliphatic heterocycles. The Kier molecular flexibility index (Phi) is 8.30. The van der Waals surface area contributed by atoms with Gasteiger partial charge in [0.15, 0.2) is 11.5 Å². The molecule has 0 atom stereocenters. The van der Waals surface area contributed by atoms with Crippen molar-refractivity contribution >= 4 is 61.5 Å². The molecule has 1 N–H and O–H groups in total. The van der Waals surface area contributed by atoms with E-state index in [2.05, 4.69) is 37.2 Å². The van der Waals surface area contributed by atoms with Gasteiger partial charge in [-0.2, -0.15) is 0 Å². The van der Waals surface area contributed by atoms with E-state index in [0.29, 0.717) is 46.2 Å². The van der Waals surface area contributed by atoms with Crippen molar-refractivity contribution in [3.63, 3.8) is 0 Å². The largest absolute Gasteiger partial charge is 0.492 e. The molecule has 0 unspecified atom stereocenters. The molecule has 0 aliphatic carbocycles. The van der Waals surface area contributed by atoms with Crippen LogP contribution in [0.2, 0.25) is 0 Å². The number of carbonyl (C=O) groups is 3. The fraction of sp³-hybridized carbons (Fsp3) is 0.148. The van der Waals surface area contributed by atoms with E-state index < -0.39 is 17.8 Å². The van der Waals surface area contributed by atoms with Crippen LogP contribution in [0, 0.1) is 0 Å². The van der Waals surface area contributed by atoms with Crippen LogP contribution < -0.4 is 24.4 Å². The molecule has 4 rings (SSSR count). The summed E-state index contributed by atoms with van der Waals surface area (Å²) < 4.78 is 18.3. The highest BCUT2D eigenvalue weighted by atomic mass is 79.9. The van der Waals surface area contributed by atoms with Gasteiger partial charge in [-0.1, -0.05) is 28.1 Å². The highest BCUT2D eigenvalue weighted by Crippen LogP contribution is 2.37. The Labute approximate surface area is 230 Å². The number of imide groups is 2. The summed E-state index contributed by atoms with van der Waals surface area (Å²) in [5.41, 5.74) is 1.60. The molecule has 0 radical (unpaired) electrons. The Morgan fingerprint density at radius 2 is 1.65 bits per heavy atom. The Morgan fingerprint density at radius 1 is 0.946 bits per heavy atom. The number of nitrogens with one attached hydrogen (secondary N) is 1. The molecule has 3 aromatic carbocycles. The molecule has 0 bridgehead atoms. The first-order valence-corrected chi connectivity index (χ1v) is 12.8. The van der Waals surface area contributed by atoms with Gasteiger partial charge in [0, 0.05) is 4.47 Å². The minimum absolute atomic E-state index is 0.199. The molecule has 0 saturated carbocycles. The van der Waals surface area contributed by atoms with Gasteiger partial charge in [0.25, 0.3) is 11.8 Å². The number of ether oxygens (including phenoxy) is 3. The topological polar surface area (TPSA) is 94.2 Å². The fourth-order valence-electron chi connectivity index (χ4n) is 3.63. The quantitative estimate of drug-likeness (QED) is 0.248. The monoisotopic (exact) mass is 628 g/mol. The first kappa shape index (κ1) is 26.4. The number of anilines is 1. The number of rotatable bonds is 8. The summed E-state index contributed by atoms with van der Waals surface area (Å²) >= 11 is 6.82. The van der Waals surface area contributed by atoms with Crippen molar-refractivity contribution in [2.24, 2.45) is 0 Å². The van der Waals surface area contributed by atoms with E-state index in [1.54, 1.807) is 36.4 Å². The summed E-state index contributed by atoms with van der Waals surface area (Å²) in [6.07, 6.45) is 1.40. The van der Waals surface area contributed by atoms with Crippen molar-refractivity contribution in [3.8, 4) is 17.2 Å². The smallest absolute Gasteiger partial charge is 0.335 e. The Bertz CT molecular complexity index is 1370. The van der Waals surface area contributed by atoms with E-state index in [4.69, 9.17) is 14.2 Å². The zero-order valence-electron chi connectivity index (χ0n) is 19.9. The molecule has 1 aliphatic rings. The van der Waals surface area contributed by atoms with Gasteiger partial charge >= 0.3 is 6.03 Å². The molecule has 1 fully saturated rings. The van der Waals surface area contributed by atoms with Crippen LogP contribution in [0.3, 0.4) is 0 Å². The Balaban J connectivity index is 1.56. The van der Waals surface area contributed by atoms with Gasteiger partial charge in [-0.25, -0.2) is 9.69 Å². The van der Waals surface area contributed by atoms with Crippen LogP contribution in [-0.4, -0.2) is 31.6 Å². The average Bonchev–Trinajstić information content (AvgIpc) is 2.87. The first-order valence-electron chi connectivity index (χ1n) is 11.2. The van der Waals surface area contributed by atoms with Crippen LogP contribution in [0.4, 0.5) is 10.5 Å².